The molecule has 0 heterocycles. The molecule has 1 aliphatic rings. The van der Waals surface area contributed by atoms with Crippen LogP contribution in [-0.4, -0.2) is 12.5 Å². The Morgan fingerprint density at radius 2 is 2.18 bits per heavy atom. The van der Waals surface area contributed by atoms with E-state index in [-0.39, 0.29) is 16.9 Å². The van der Waals surface area contributed by atoms with E-state index in [1.165, 1.54) is 18.9 Å². The van der Waals surface area contributed by atoms with Crippen molar-refractivity contribution in [3.63, 3.8) is 0 Å². The van der Waals surface area contributed by atoms with Gasteiger partial charge in [0.2, 0.25) is 0 Å². The van der Waals surface area contributed by atoms with Crippen LogP contribution in [0.4, 0.5) is 4.39 Å². The quantitative estimate of drug-likeness (QED) is 0.853. The Kier molecular flexibility index (Phi) is 3.18. The molecule has 1 fully saturated rings. The molecule has 2 nitrogen and oxygen atoms in total. The van der Waals surface area contributed by atoms with Gasteiger partial charge in [-0.1, -0.05) is 13.0 Å². The number of nitrogens with one attached hydrogen (secondary N) is 1. The molecule has 0 atom stereocenters. The number of carbonyl (C=O) groups excluding carboxylic acids is 1. The number of amides is 1. The third-order valence-corrected chi connectivity index (χ3v) is 3.70. The van der Waals surface area contributed by atoms with Crippen molar-refractivity contribution in [2.75, 3.05) is 6.54 Å². The largest absolute Gasteiger partial charge is 0.351 e. The van der Waals surface area contributed by atoms with Crippen molar-refractivity contribution < 1.29 is 9.18 Å². The number of halogens is 1. The molecule has 0 saturated heterocycles. The number of rotatable bonds is 4. The topological polar surface area (TPSA) is 29.1 Å². The lowest BCUT2D eigenvalue weighted by Crippen LogP contribution is -2.30. The van der Waals surface area contributed by atoms with E-state index in [1.54, 1.807) is 19.1 Å². The number of hydrogen-bond donors (Lipinski definition) is 1. The Morgan fingerprint density at radius 1 is 1.47 bits per heavy atom. The molecule has 1 amide bonds. The lowest BCUT2D eigenvalue weighted by Gasteiger charge is -2.13. The summed E-state index contributed by atoms with van der Waals surface area (Å²) in [5, 5.41) is 2.83. The van der Waals surface area contributed by atoms with E-state index >= 15 is 0 Å². The van der Waals surface area contributed by atoms with E-state index < -0.39 is 5.82 Å². The van der Waals surface area contributed by atoms with Crippen LogP contribution in [0.3, 0.4) is 0 Å². The van der Waals surface area contributed by atoms with Gasteiger partial charge < -0.3 is 5.32 Å². The minimum absolute atomic E-state index is 0.141. The summed E-state index contributed by atoms with van der Waals surface area (Å²) in [6, 6.07) is 4.69. The summed E-state index contributed by atoms with van der Waals surface area (Å²) in [5.74, 6) is -0.744. The minimum Gasteiger partial charge on any atom is -0.351 e. The van der Waals surface area contributed by atoms with Gasteiger partial charge in [-0.05, 0) is 49.3 Å². The van der Waals surface area contributed by atoms with Gasteiger partial charge in [0.25, 0.3) is 5.91 Å². The second-order valence-electron chi connectivity index (χ2n) is 5.02. The lowest BCUT2D eigenvalue weighted by molar-refractivity contribution is 0.0940. The maximum absolute atomic E-state index is 13.6. The first kappa shape index (κ1) is 12.1. The summed E-state index contributed by atoms with van der Waals surface area (Å²) in [4.78, 5) is 11.8. The maximum atomic E-state index is 13.6. The molecular weight excluding hydrogens is 217 g/mol. The van der Waals surface area contributed by atoms with Crippen molar-refractivity contribution in [2.45, 2.75) is 33.1 Å². The van der Waals surface area contributed by atoms with E-state index in [0.29, 0.717) is 6.54 Å². The standard InChI is InChI=1S/C14H18FNO/c1-3-14(6-7-14)9-16-13(17)11-5-4-10(2)8-12(11)15/h4-5,8H,3,6-7,9H2,1-2H3,(H,16,17). The van der Waals surface area contributed by atoms with Gasteiger partial charge in [-0.25, -0.2) is 4.39 Å². The Labute approximate surface area is 101 Å². The molecule has 0 aromatic heterocycles. The predicted molar refractivity (Wildman–Crippen MR) is 65.4 cm³/mol. The Bertz CT molecular complexity index is 438. The second-order valence-corrected chi connectivity index (χ2v) is 5.02. The molecule has 1 aromatic rings. The van der Waals surface area contributed by atoms with Crippen LogP contribution in [0.5, 0.6) is 0 Å². The average molecular weight is 235 g/mol. The Balaban J connectivity index is 2.00. The number of hydrogen-bond acceptors (Lipinski definition) is 1. The van der Waals surface area contributed by atoms with Crippen LogP contribution in [0.2, 0.25) is 0 Å². The normalized spacial score (nSPS) is 16.6. The fourth-order valence-electron chi connectivity index (χ4n) is 2.00. The van der Waals surface area contributed by atoms with Gasteiger partial charge in [0.1, 0.15) is 5.82 Å². The minimum atomic E-state index is -0.441. The molecule has 1 saturated carbocycles. The van der Waals surface area contributed by atoms with E-state index in [9.17, 15) is 9.18 Å². The first-order chi connectivity index (χ1) is 8.06. The van der Waals surface area contributed by atoms with Crippen LogP contribution in [0.15, 0.2) is 18.2 Å². The average Bonchev–Trinajstić information content (AvgIpc) is 3.07. The summed E-state index contributed by atoms with van der Waals surface area (Å²) in [5.41, 5.74) is 1.25. The zero-order valence-corrected chi connectivity index (χ0v) is 10.3. The first-order valence-corrected chi connectivity index (χ1v) is 6.11. The number of carbonyl (C=O) groups is 1. The van der Waals surface area contributed by atoms with Crippen molar-refractivity contribution in [2.24, 2.45) is 5.41 Å². The van der Waals surface area contributed by atoms with E-state index in [1.807, 2.05) is 0 Å². The van der Waals surface area contributed by atoms with Crippen molar-refractivity contribution in [1.82, 2.24) is 5.32 Å². The highest BCUT2D eigenvalue weighted by molar-refractivity contribution is 5.94. The molecule has 92 valence electrons. The first-order valence-electron chi connectivity index (χ1n) is 6.11. The Morgan fingerprint density at radius 3 is 2.71 bits per heavy atom. The molecule has 17 heavy (non-hydrogen) atoms. The van der Waals surface area contributed by atoms with Gasteiger partial charge in [-0.2, -0.15) is 0 Å². The zero-order valence-electron chi connectivity index (χ0n) is 10.3. The van der Waals surface area contributed by atoms with Crippen molar-refractivity contribution >= 4 is 5.91 Å². The van der Waals surface area contributed by atoms with Crippen molar-refractivity contribution in [3.05, 3.63) is 35.1 Å². The summed E-state index contributed by atoms with van der Waals surface area (Å²) in [7, 11) is 0. The Hall–Kier alpha value is -1.38. The molecule has 1 aromatic carbocycles. The fraction of sp³-hybridized carbons (Fsp3) is 0.500. The highest BCUT2D eigenvalue weighted by atomic mass is 19.1. The van der Waals surface area contributed by atoms with Crippen LogP contribution in [0, 0.1) is 18.2 Å². The smallest absolute Gasteiger partial charge is 0.254 e. The summed E-state index contributed by atoms with van der Waals surface area (Å²) >= 11 is 0. The fourth-order valence-corrected chi connectivity index (χ4v) is 2.00. The molecule has 2 rings (SSSR count). The van der Waals surface area contributed by atoms with E-state index in [0.717, 1.165) is 12.0 Å². The van der Waals surface area contributed by atoms with Gasteiger partial charge in [0, 0.05) is 6.54 Å². The molecular formula is C14H18FNO. The van der Waals surface area contributed by atoms with Crippen LogP contribution >= 0.6 is 0 Å². The van der Waals surface area contributed by atoms with Crippen LogP contribution in [0.1, 0.15) is 42.1 Å². The maximum Gasteiger partial charge on any atom is 0.254 e. The molecule has 0 unspecified atom stereocenters. The number of aryl methyl sites for hydroxylation is 1. The third-order valence-electron chi connectivity index (χ3n) is 3.70. The van der Waals surface area contributed by atoms with Crippen LogP contribution in [0.25, 0.3) is 0 Å². The lowest BCUT2D eigenvalue weighted by atomic mass is 10.0. The van der Waals surface area contributed by atoms with Gasteiger partial charge >= 0.3 is 0 Å². The monoisotopic (exact) mass is 235 g/mol. The summed E-state index contributed by atoms with van der Waals surface area (Å²) in [6.07, 6.45) is 3.41. The molecule has 0 radical (unpaired) electrons. The van der Waals surface area contributed by atoms with E-state index in [2.05, 4.69) is 12.2 Å². The van der Waals surface area contributed by atoms with Crippen molar-refractivity contribution in [3.8, 4) is 0 Å². The van der Waals surface area contributed by atoms with Gasteiger partial charge in [-0.3, -0.25) is 4.79 Å². The molecule has 1 aliphatic carbocycles. The zero-order chi connectivity index (χ0) is 12.5. The van der Waals surface area contributed by atoms with Gasteiger partial charge in [-0.15, -0.1) is 0 Å². The van der Waals surface area contributed by atoms with Crippen LogP contribution in [-0.2, 0) is 0 Å². The van der Waals surface area contributed by atoms with Crippen LogP contribution < -0.4 is 5.32 Å². The molecule has 1 N–H and O–H groups in total. The second kappa shape index (κ2) is 4.47. The SMILES string of the molecule is CCC1(CNC(=O)c2ccc(C)cc2F)CC1. The molecule has 0 spiro atoms. The molecule has 0 aliphatic heterocycles. The van der Waals surface area contributed by atoms with Gasteiger partial charge in [0.05, 0.1) is 5.56 Å². The summed E-state index contributed by atoms with van der Waals surface area (Å²) in [6.45, 7) is 4.60. The van der Waals surface area contributed by atoms with Crippen molar-refractivity contribution in [1.29, 1.82) is 0 Å². The molecule has 0 bridgehead atoms. The predicted octanol–water partition coefficient (Wildman–Crippen LogP) is 3.05. The highest BCUT2D eigenvalue weighted by Gasteiger charge is 2.40. The summed E-state index contributed by atoms with van der Waals surface area (Å²) < 4.78 is 13.6. The number of benzene rings is 1. The third kappa shape index (κ3) is 2.65. The highest BCUT2D eigenvalue weighted by Crippen LogP contribution is 2.47. The molecule has 3 heteroatoms. The van der Waals surface area contributed by atoms with Gasteiger partial charge in [0.15, 0.2) is 0 Å². The van der Waals surface area contributed by atoms with E-state index in [4.69, 9.17) is 0 Å².